The van der Waals surface area contributed by atoms with E-state index in [0.29, 0.717) is 13.0 Å². The summed E-state index contributed by atoms with van der Waals surface area (Å²) < 4.78 is 5.57. The molecule has 2 heterocycles. The topological polar surface area (TPSA) is 55.1 Å². The first kappa shape index (κ1) is 14.3. The molecular formula is C18H18N2O2. The van der Waals surface area contributed by atoms with E-state index in [0.717, 1.165) is 28.5 Å². The Morgan fingerprint density at radius 1 is 1.18 bits per heavy atom. The predicted octanol–water partition coefficient (Wildman–Crippen LogP) is 3.25. The molecule has 0 radical (unpaired) electrons. The fourth-order valence-electron chi connectivity index (χ4n) is 2.42. The molecule has 3 rings (SSSR count). The van der Waals surface area contributed by atoms with Gasteiger partial charge in [0.25, 0.3) is 0 Å². The maximum Gasteiger partial charge on any atom is 0.224 e. The first-order chi connectivity index (χ1) is 10.8. The second-order valence-electron chi connectivity index (χ2n) is 5.25. The molecule has 0 aliphatic heterocycles. The summed E-state index contributed by atoms with van der Waals surface area (Å²) in [6.07, 6.45) is 6.41. The van der Waals surface area contributed by atoms with Crippen LogP contribution >= 0.6 is 0 Å². The summed E-state index contributed by atoms with van der Waals surface area (Å²) in [5.41, 5.74) is 4.03. The van der Waals surface area contributed by atoms with Crippen molar-refractivity contribution in [3.8, 4) is 0 Å². The van der Waals surface area contributed by atoms with Crippen LogP contribution in [0.5, 0.6) is 0 Å². The molecule has 0 saturated carbocycles. The van der Waals surface area contributed by atoms with Crippen LogP contribution in [0.15, 0.2) is 53.4 Å². The summed E-state index contributed by atoms with van der Waals surface area (Å²) in [4.78, 5) is 16.0. The number of aryl methyl sites for hydroxylation is 1. The second kappa shape index (κ2) is 6.43. The number of furan rings is 1. The zero-order chi connectivity index (χ0) is 15.4. The molecule has 4 heteroatoms. The number of aromatic nitrogens is 1. The van der Waals surface area contributed by atoms with Crippen LogP contribution in [0.25, 0.3) is 11.0 Å². The van der Waals surface area contributed by atoms with E-state index in [2.05, 4.69) is 23.3 Å². The number of nitrogens with zero attached hydrogens (tertiary/aromatic N) is 1. The molecule has 4 nitrogen and oxygen atoms in total. The Morgan fingerprint density at radius 2 is 2.00 bits per heavy atom. The van der Waals surface area contributed by atoms with Crippen LogP contribution in [-0.2, 0) is 24.2 Å². The van der Waals surface area contributed by atoms with Crippen LogP contribution in [0.3, 0.4) is 0 Å². The van der Waals surface area contributed by atoms with Crippen LogP contribution in [0.4, 0.5) is 0 Å². The molecular weight excluding hydrogens is 276 g/mol. The summed E-state index contributed by atoms with van der Waals surface area (Å²) in [5.74, 6) is -0.0147. The van der Waals surface area contributed by atoms with Gasteiger partial charge in [-0.05, 0) is 35.7 Å². The lowest BCUT2D eigenvalue weighted by Crippen LogP contribution is -2.24. The average Bonchev–Trinajstić information content (AvgIpc) is 2.96. The molecule has 0 unspecified atom stereocenters. The molecule has 0 fully saturated rings. The van der Waals surface area contributed by atoms with Crippen molar-refractivity contribution in [2.45, 2.75) is 26.3 Å². The molecule has 0 aliphatic carbocycles. The highest BCUT2D eigenvalue weighted by Crippen LogP contribution is 2.23. The first-order valence-corrected chi connectivity index (χ1v) is 7.41. The molecule has 22 heavy (non-hydrogen) atoms. The Hall–Kier alpha value is -2.62. The molecule has 0 aliphatic rings. The molecule has 0 atom stereocenters. The van der Waals surface area contributed by atoms with E-state index in [-0.39, 0.29) is 5.91 Å². The minimum Gasteiger partial charge on any atom is -0.464 e. The maximum absolute atomic E-state index is 12.1. The fourth-order valence-corrected chi connectivity index (χ4v) is 2.42. The normalized spacial score (nSPS) is 10.8. The summed E-state index contributed by atoms with van der Waals surface area (Å²) in [5, 5.41) is 3.93. The van der Waals surface area contributed by atoms with Gasteiger partial charge in [0, 0.05) is 29.9 Å². The van der Waals surface area contributed by atoms with E-state index in [1.165, 1.54) is 5.56 Å². The minimum atomic E-state index is -0.0147. The molecule has 0 bridgehead atoms. The number of carbonyl (C=O) groups is 1. The Kier molecular flexibility index (Phi) is 4.19. The quantitative estimate of drug-likeness (QED) is 0.786. The summed E-state index contributed by atoms with van der Waals surface area (Å²) >= 11 is 0. The Labute approximate surface area is 129 Å². The second-order valence-corrected chi connectivity index (χ2v) is 5.25. The van der Waals surface area contributed by atoms with Gasteiger partial charge in [-0.25, -0.2) is 0 Å². The van der Waals surface area contributed by atoms with Crippen LogP contribution in [0.2, 0.25) is 0 Å². The van der Waals surface area contributed by atoms with Gasteiger partial charge in [0.15, 0.2) is 0 Å². The van der Waals surface area contributed by atoms with Crippen LogP contribution in [-0.4, -0.2) is 10.9 Å². The molecule has 1 N–H and O–H groups in total. The van der Waals surface area contributed by atoms with E-state index in [4.69, 9.17) is 4.42 Å². The number of hydrogen-bond donors (Lipinski definition) is 1. The van der Waals surface area contributed by atoms with Crippen LogP contribution in [0, 0.1) is 0 Å². The number of fused-ring (bicyclic) bond motifs is 1. The highest BCUT2D eigenvalue weighted by atomic mass is 16.3. The Bertz CT molecular complexity index is 778. The highest BCUT2D eigenvalue weighted by molar-refractivity contribution is 5.87. The molecule has 0 spiro atoms. The zero-order valence-electron chi connectivity index (χ0n) is 12.5. The van der Waals surface area contributed by atoms with Gasteiger partial charge in [-0.1, -0.05) is 19.1 Å². The number of pyridine rings is 1. The van der Waals surface area contributed by atoms with Crippen molar-refractivity contribution >= 4 is 16.9 Å². The third-order valence-electron chi connectivity index (χ3n) is 3.72. The molecule has 1 aromatic carbocycles. The minimum absolute atomic E-state index is 0.0147. The van der Waals surface area contributed by atoms with Crippen molar-refractivity contribution in [3.05, 3.63) is 65.7 Å². The number of hydrogen-bond acceptors (Lipinski definition) is 3. The van der Waals surface area contributed by atoms with Crippen molar-refractivity contribution in [1.82, 2.24) is 10.3 Å². The Morgan fingerprint density at radius 3 is 2.77 bits per heavy atom. The van der Waals surface area contributed by atoms with Crippen molar-refractivity contribution in [2.75, 3.05) is 0 Å². The van der Waals surface area contributed by atoms with E-state index in [1.54, 1.807) is 18.7 Å². The lowest BCUT2D eigenvalue weighted by atomic mass is 10.1. The number of carbonyl (C=O) groups excluding carboxylic acids is 1. The van der Waals surface area contributed by atoms with E-state index in [9.17, 15) is 4.79 Å². The lowest BCUT2D eigenvalue weighted by molar-refractivity contribution is -0.120. The molecule has 0 saturated heterocycles. The van der Waals surface area contributed by atoms with Crippen LogP contribution in [0.1, 0.15) is 23.6 Å². The van der Waals surface area contributed by atoms with Gasteiger partial charge in [-0.2, -0.15) is 0 Å². The third-order valence-corrected chi connectivity index (χ3v) is 3.72. The third kappa shape index (κ3) is 3.17. The van der Waals surface area contributed by atoms with Gasteiger partial charge in [0.2, 0.25) is 5.91 Å². The standard InChI is InChI=1S/C18H18N2O2/c1-2-13-3-4-16-15(12-22-17(16)9-13)10-18(21)20-11-14-5-7-19-8-6-14/h3-9,12H,2,10-11H2,1H3,(H,20,21). The maximum atomic E-state index is 12.1. The van der Waals surface area contributed by atoms with Crippen molar-refractivity contribution in [3.63, 3.8) is 0 Å². The largest absolute Gasteiger partial charge is 0.464 e. The molecule has 1 amide bonds. The molecule has 3 aromatic rings. The van der Waals surface area contributed by atoms with Gasteiger partial charge in [-0.3, -0.25) is 9.78 Å². The number of rotatable bonds is 5. The van der Waals surface area contributed by atoms with Gasteiger partial charge < -0.3 is 9.73 Å². The smallest absolute Gasteiger partial charge is 0.224 e. The van der Waals surface area contributed by atoms with Gasteiger partial charge in [0.1, 0.15) is 5.58 Å². The summed E-state index contributed by atoms with van der Waals surface area (Å²) in [6.45, 7) is 2.62. The Balaban J connectivity index is 1.66. The monoisotopic (exact) mass is 294 g/mol. The van der Waals surface area contributed by atoms with E-state index >= 15 is 0 Å². The first-order valence-electron chi connectivity index (χ1n) is 7.41. The molecule has 2 aromatic heterocycles. The number of benzene rings is 1. The van der Waals surface area contributed by atoms with E-state index in [1.807, 2.05) is 24.3 Å². The average molecular weight is 294 g/mol. The summed E-state index contributed by atoms with van der Waals surface area (Å²) in [6, 6.07) is 9.92. The molecule has 112 valence electrons. The highest BCUT2D eigenvalue weighted by Gasteiger charge is 2.10. The van der Waals surface area contributed by atoms with Gasteiger partial charge in [0.05, 0.1) is 12.7 Å². The van der Waals surface area contributed by atoms with Crippen molar-refractivity contribution < 1.29 is 9.21 Å². The van der Waals surface area contributed by atoms with E-state index < -0.39 is 0 Å². The lowest BCUT2D eigenvalue weighted by Gasteiger charge is -2.04. The van der Waals surface area contributed by atoms with Crippen molar-refractivity contribution in [1.29, 1.82) is 0 Å². The zero-order valence-corrected chi connectivity index (χ0v) is 12.5. The SMILES string of the molecule is CCc1ccc2c(CC(=O)NCc3ccncc3)coc2c1. The number of nitrogens with one attached hydrogen (secondary N) is 1. The van der Waals surface area contributed by atoms with Gasteiger partial charge >= 0.3 is 0 Å². The van der Waals surface area contributed by atoms with Crippen LogP contribution < -0.4 is 5.32 Å². The number of amides is 1. The fraction of sp³-hybridized carbons (Fsp3) is 0.222. The predicted molar refractivity (Wildman–Crippen MR) is 85.4 cm³/mol. The van der Waals surface area contributed by atoms with Crippen molar-refractivity contribution in [2.24, 2.45) is 0 Å². The summed E-state index contributed by atoms with van der Waals surface area (Å²) in [7, 11) is 0. The van der Waals surface area contributed by atoms with Gasteiger partial charge in [-0.15, -0.1) is 0 Å².